The van der Waals surface area contributed by atoms with Crippen LogP contribution < -0.4 is 5.32 Å². The summed E-state index contributed by atoms with van der Waals surface area (Å²) in [6, 6.07) is 0. The van der Waals surface area contributed by atoms with Crippen molar-refractivity contribution in [2.75, 3.05) is 33.8 Å². The molecule has 0 aromatic heterocycles. The predicted octanol–water partition coefficient (Wildman–Crippen LogP) is 0.479. The normalized spacial score (nSPS) is 26.3. The maximum Gasteiger partial charge on any atom is 0.224 e. The van der Waals surface area contributed by atoms with Crippen molar-refractivity contribution in [1.29, 1.82) is 0 Å². The third-order valence-corrected chi connectivity index (χ3v) is 2.90. The Morgan fingerprint density at radius 2 is 2.27 bits per heavy atom. The Kier molecular flexibility index (Phi) is 5.05. The number of carbonyl (C=O) groups is 1. The second-order valence-electron chi connectivity index (χ2n) is 4.42. The molecule has 15 heavy (non-hydrogen) atoms. The van der Waals surface area contributed by atoms with E-state index in [1.807, 2.05) is 0 Å². The van der Waals surface area contributed by atoms with Gasteiger partial charge in [0.1, 0.15) is 0 Å². The molecular formula is C11H22N2O2. The number of piperidine rings is 1. The summed E-state index contributed by atoms with van der Waals surface area (Å²) in [5.74, 6) is 0.729. The van der Waals surface area contributed by atoms with Crippen LogP contribution in [-0.4, -0.2) is 50.7 Å². The van der Waals surface area contributed by atoms with Gasteiger partial charge in [-0.2, -0.15) is 0 Å². The first-order chi connectivity index (χ1) is 7.11. The van der Waals surface area contributed by atoms with Crippen LogP contribution in [-0.2, 0) is 9.53 Å². The third-order valence-electron chi connectivity index (χ3n) is 2.90. The zero-order valence-corrected chi connectivity index (χ0v) is 9.95. The molecule has 2 unspecified atom stereocenters. The van der Waals surface area contributed by atoms with Crippen LogP contribution >= 0.6 is 0 Å². The molecule has 1 aliphatic rings. The monoisotopic (exact) mass is 214 g/mol. The molecule has 4 nitrogen and oxygen atoms in total. The highest BCUT2D eigenvalue weighted by molar-refractivity contribution is 5.75. The number of hydrogen-bond donors (Lipinski definition) is 1. The van der Waals surface area contributed by atoms with Crippen LogP contribution in [0.4, 0.5) is 0 Å². The minimum absolute atomic E-state index is 0.131. The Morgan fingerprint density at radius 3 is 2.87 bits per heavy atom. The molecule has 0 radical (unpaired) electrons. The van der Waals surface area contributed by atoms with Crippen molar-refractivity contribution in [1.82, 2.24) is 10.2 Å². The molecule has 1 amide bonds. The fourth-order valence-corrected chi connectivity index (χ4v) is 1.71. The summed E-state index contributed by atoms with van der Waals surface area (Å²) in [7, 11) is 3.54. The SMILES string of the molecule is CC1CCNCC1OCCC(=O)N(C)C. The van der Waals surface area contributed by atoms with Gasteiger partial charge in [-0.05, 0) is 18.9 Å². The highest BCUT2D eigenvalue weighted by Crippen LogP contribution is 2.14. The van der Waals surface area contributed by atoms with Crippen LogP contribution in [0.15, 0.2) is 0 Å². The minimum atomic E-state index is 0.131. The Balaban J connectivity index is 2.16. The van der Waals surface area contributed by atoms with Gasteiger partial charge >= 0.3 is 0 Å². The first kappa shape index (κ1) is 12.5. The predicted molar refractivity (Wildman–Crippen MR) is 59.7 cm³/mol. The van der Waals surface area contributed by atoms with E-state index in [0.717, 1.165) is 19.5 Å². The minimum Gasteiger partial charge on any atom is -0.376 e. The molecule has 0 aromatic rings. The van der Waals surface area contributed by atoms with Gasteiger partial charge in [0.25, 0.3) is 0 Å². The number of nitrogens with one attached hydrogen (secondary N) is 1. The lowest BCUT2D eigenvalue weighted by Crippen LogP contribution is -2.41. The van der Waals surface area contributed by atoms with Crippen molar-refractivity contribution in [3.05, 3.63) is 0 Å². The molecule has 1 saturated heterocycles. The number of carbonyl (C=O) groups excluding carboxylic acids is 1. The van der Waals surface area contributed by atoms with E-state index in [-0.39, 0.29) is 12.0 Å². The topological polar surface area (TPSA) is 41.6 Å². The third kappa shape index (κ3) is 4.18. The average molecular weight is 214 g/mol. The number of amides is 1. The zero-order chi connectivity index (χ0) is 11.3. The van der Waals surface area contributed by atoms with Crippen LogP contribution in [0.3, 0.4) is 0 Å². The van der Waals surface area contributed by atoms with Crippen molar-refractivity contribution in [3.8, 4) is 0 Å². The molecule has 4 heteroatoms. The van der Waals surface area contributed by atoms with E-state index in [9.17, 15) is 4.79 Å². The maximum absolute atomic E-state index is 11.3. The zero-order valence-electron chi connectivity index (χ0n) is 9.95. The van der Waals surface area contributed by atoms with E-state index in [0.29, 0.717) is 18.9 Å². The van der Waals surface area contributed by atoms with Gasteiger partial charge < -0.3 is 15.0 Å². The molecule has 0 aromatic carbocycles. The van der Waals surface area contributed by atoms with Gasteiger partial charge in [-0.1, -0.05) is 6.92 Å². The van der Waals surface area contributed by atoms with Crippen molar-refractivity contribution in [2.24, 2.45) is 5.92 Å². The first-order valence-corrected chi connectivity index (χ1v) is 5.63. The van der Waals surface area contributed by atoms with E-state index in [1.54, 1.807) is 19.0 Å². The maximum atomic E-state index is 11.3. The van der Waals surface area contributed by atoms with Gasteiger partial charge in [-0.25, -0.2) is 0 Å². The number of hydrogen-bond acceptors (Lipinski definition) is 3. The summed E-state index contributed by atoms with van der Waals surface area (Å²) < 4.78 is 5.71. The van der Waals surface area contributed by atoms with Crippen molar-refractivity contribution in [3.63, 3.8) is 0 Å². The fourth-order valence-electron chi connectivity index (χ4n) is 1.71. The highest BCUT2D eigenvalue weighted by atomic mass is 16.5. The summed E-state index contributed by atoms with van der Waals surface area (Å²) in [5.41, 5.74) is 0. The van der Waals surface area contributed by atoms with E-state index < -0.39 is 0 Å². The average Bonchev–Trinajstić information content (AvgIpc) is 2.20. The molecule has 1 N–H and O–H groups in total. The molecule has 0 saturated carbocycles. The molecule has 1 fully saturated rings. The van der Waals surface area contributed by atoms with E-state index >= 15 is 0 Å². The molecule has 1 aliphatic heterocycles. The first-order valence-electron chi connectivity index (χ1n) is 5.63. The largest absolute Gasteiger partial charge is 0.376 e. The van der Waals surface area contributed by atoms with Crippen LogP contribution in [0, 0.1) is 5.92 Å². The number of nitrogens with zero attached hydrogens (tertiary/aromatic N) is 1. The lowest BCUT2D eigenvalue weighted by atomic mass is 9.97. The summed E-state index contributed by atoms with van der Waals surface area (Å²) in [6.45, 7) is 4.74. The van der Waals surface area contributed by atoms with Crippen LogP contribution in [0.25, 0.3) is 0 Å². The van der Waals surface area contributed by atoms with Gasteiger partial charge in [0.05, 0.1) is 19.1 Å². The van der Waals surface area contributed by atoms with Gasteiger partial charge in [0.15, 0.2) is 0 Å². The van der Waals surface area contributed by atoms with Gasteiger partial charge in [-0.3, -0.25) is 4.79 Å². The quantitative estimate of drug-likeness (QED) is 0.740. The lowest BCUT2D eigenvalue weighted by Gasteiger charge is -2.29. The molecule has 88 valence electrons. The Hall–Kier alpha value is -0.610. The second-order valence-corrected chi connectivity index (χ2v) is 4.42. The smallest absolute Gasteiger partial charge is 0.224 e. The molecule has 0 spiro atoms. The van der Waals surface area contributed by atoms with Crippen LogP contribution in [0.5, 0.6) is 0 Å². The van der Waals surface area contributed by atoms with Gasteiger partial charge in [-0.15, -0.1) is 0 Å². The van der Waals surface area contributed by atoms with Crippen LogP contribution in [0.1, 0.15) is 19.8 Å². The molecule has 0 bridgehead atoms. The van der Waals surface area contributed by atoms with E-state index in [4.69, 9.17) is 4.74 Å². The van der Waals surface area contributed by atoms with Crippen molar-refractivity contribution >= 4 is 5.91 Å². The summed E-state index contributed by atoms with van der Waals surface area (Å²) >= 11 is 0. The van der Waals surface area contributed by atoms with Crippen molar-refractivity contribution in [2.45, 2.75) is 25.9 Å². The number of rotatable bonds is 4. The van der Waals surface area contributed by atoms with Gasteiger partial charge in [0.2, 0.25) is 5.91 Å². The standard InChI is InChI=1S/C11H22N2O2/c1-9-4-6-12-8-10(9)15-7-5-11(14)13(2)3/h9-10,12H,4-8H2,1-3H3. The lowest BCUT2D eigenvalue weighted by molar-refractivity contribution is -0.130. The van der Waals surface area contributed by atoms with Gasteiger partial charge in [0, 0.05) is 20.6 Å². The Morgan fingerprint density at radius 1 is 1.53 bits per heavy atom. The summed E-state index contributed by atoms with van der Waals surface area (Å²) in [6.07, 6.45) is 1.91. The summed E-state index contributed by atoms with van der Waals surface area (Å²) in [5, 5.41) is 3.31. The Bertz CT molecular complexity index is 207. The Labute approximate surface area is 92.0 Å². The molecule has 2 atom stereocenters. The highest BCUT2D eigenvalue weighted by Gasteiger charge is 2.21. The van der Waals surface area contributed by atoms with Crippen LogP contribution in [0.2, 0.25) is 0 Å². The fraction of sp³-hybridized carbons (Fsp3) is 0.909. The van der Waals surface area contributed by atoms with E-state index in [1.165, 1.54) is 0 Å². The molecule has 1 heterocycles. The van der Waals surface area contributed by atoms with Crippen molar-refractivity contribution < 1.29 is 9.53 Å². The second kappa shape index (κ2) is 6.08. The molecule has 0 aliphatic carbocycles. The summed E-state index contributed by atoms with van der Waals surface area (Å²) in [4.78, 5) is 12.9. The molecular weight excluding hydrogens is 192 g/mol. The van der Waals surface area contributed by atoms with E-state index in [2.05, 4.69) is 12.2 Å². The number of ether oxygens (including phenoxy) is 1. The molecule has 1 rings (SSSR count).